The normalized spacial score (nSPS) is 16.8. The fraction of sp³-hybridized carbons (Fsp3) is 0.396. The minimum absolute atomic E-state index is 0.00347. The molecule has 68 heavy (non-hydrogen) atoms. The first-order chi connectivity index (χ1) is 33.0. The minimum atomic E-state index is -0.347. The highest BCUT2D eigenvalue weighted by Crippen LogP contribution is 2.43. The molecule has 9 rings (SSSR count). The van der Waals surface area contributed by atoms with Gasteiger partial charge in [0.25, 0.3) is 11.8 Å². The van der Waals surface area contributed by atoms with Crippen LogP contribution >= 0.6 is 12.6 Å². The van der Waals surface area contributed by atoms with E-state index in [9.17, 15) is 9.59 Å². The van der Waals surface area contributed by atoms with Gasteiger partial charge in [-0.25, -0.2) is 0 Å². The van der Waals surface area contributed by atoms with Gasteiger partial charge in [0.05, 0.1) is 81.8 Å². The lowest BCUT2D eigenvalue weighted by atomic mass is 10.1. The number of hydrogen-bond donors (Lipinski definition) is 3. The van der Waals surface area contributed by atoms with E-state index in [4.69, 9.17) is 45.8 Å². The molecule has 4 aliphatic rings. The molecule has 2 atom stereocenters. The standard InChI is InChI=1S/C53H61N5O9S/c1-53(2,68)33-56(14-15-64-18-19-65-17-16-61-3)38-21-34(31-66-49-27-43-41(25-47(49)62-4)51(59)57-39(29-54-43)23-36-10-6-8-12-45(36)57)20-35(22-38)32-67-50-28-44-42(26-48(50)63-5)52(60)58-40(30-55-44)24-37-11-7-9-13-46(37)58/h6-13,20-22,25-28,39-40,54-55,68H,14-19,23-24,29-33H2,1-5H3/t39-,40+. The number of hydrogen-bond acceptors (Lipinski definition) is 13. The van der Waals surface area contributed by atoms with Crippen LogP contribution < -0.4 is 44.3 Å². The predicted octanol–water partition coefficient (Wildman–Crippen LogP) is 8.05. The van der Waals surface area contributed by atoms with Crippen molar-refractivity contribution < 1.29 is 42.7 Å². The Balaban J connectivity index is 0.982. The lowest BCUT2D eigenvalue weighted by Crippen LogP contribution is -2.39. The van der Waals surface area contributed by atoms with Crippen LogP contribution in [0.3, 0.4) is 0 Å². The molecule has 5 aromatic rings. The summed E-state index contributed by atoms with van der Waals surface area (Å²) in [5, 5.41) is 7.08. The Hall–Kier alpha value is -6.13. The average molecular weight is 944 g/mol. The van der Waals surface area contributed by atoms with Crippen LogP contribution in [0, 0.1) is 0 Å². The van der Waals surface area contributed by atoms with E-state index >= 15 is 0 Å². The molecule has 0 spiro atoms. The van der Waals surface area contributed by atoms with Crippen LogP contribution in [-0.4, -0.2) is 109 Å². The third-order valence-corrected chi connectivity index (χ3v) is 12.9. The first-order valence-electron chi connectivity index (χ1n) is 23.3. The largest absolute Gasteiger partial charge is 0.493 e. The second-order valence-corrected chi connectivity index (χ2v) is 19.4. The van der Waals surface area contributed by atoms with Crippen molar-refractivity contribution in [2.24, 2.45) is 0 Å². The summed E-state index contributed by atoms with van der Waals surface area (Å²) < 4.78 is 41.4. The van der Waals surface area contributed by atoms with Crippen LogP contribution in [0.5, 0.6) is 23.0 Å². The number of anilines is 5. The number of rotatable bonds is 20. The molecule has 14 nitrogen and oxygen atoms in total. The molecule has 0 aliphatic carbocycles. The fourth-order valence-corrected chi connectivity index (χ4v) is 9.81. The summed E-state index contributed by atoms with van der Waals surface area (Å²) in [6.45, 7) is 9.40. The van der Waals surface area contributed by atoms with Crippen molar-refractivity contribution in [3.05, 3.63) is 124 Å². The highest BCUT2D eigenvalue weighted by atomic mass is 32.1. The van der Waals surface area contributed by atoms with Crippen LogP contribution in [0.4, 0.5) is 28.4 Å². The van der Waals surface area contributed by atoms with Gasteiger partial charge < -0.3 is 58.5 Å². The van der Waals surface area contributed by atoms with E-state index in [2.05, 4.69) is 59.7 Å². The summed E-state index contributed by atoms with van der Waals surface area (Å²) in [5.74, 6) is 1.78. The zero-order chi connectivity index (χ0) is 47.4. The Labute approximate surface area is 404 Å². The van der Waals surface area contributed by atoms with E-state index in [1.807, 2.05) is 58.3 Å². The van der Waals surface area contributed by atoms with E-state index in [0.717, 1.165) is 41.0 Å². The summed E-state index contributed by atoms with van der Waals surface area (Å²) in [6, 6.07) is 29.7. The molecule has 0 radical (unpaired) electrons. The topological polar surface area (TPSA) is 133 Å². The van der Waals surface area contributed by atoms with Gasteiger partial charge in [-0.2, -0.15) is 12.6 Å². The number of para-hydroxylation sites is 2. The maximum Gasteiger partial charge on any atom is 0.260 e. The smallest absolute Gasteiger partial charge is 0.260 e. The van der Waals surface area contributed by atoms with E-state index in [1.54, 1.807) is 33.5 Å². The van der Waals surface area contributed by atoms with E-state index in [1.165, 1.54) is 11.1 Å². The molecule has 0 saturated heterocycles. The zero-order valence-corrected chi connectivity index (χ0v) is 40.4. The third-order valence-electron chi connectivity index (χ3n) is 12.8. The molecule has 15 heteroatoms. The van der Waals surface area contributed by atoms with Gasteiger partial charge in [0.2, 0.25) is 0 Å². The third kappa shape index (κ3) is 10.2. The summed E-state index contributed by atoms with van der Waals surface area (Å²) in [5.41, 5.74) is 9.39. The molecule has 358 valence electrons. The van der Waals surface area contributed by atoms with Crippen LogP contribution in [-0.2, 0) is 40.3 Å². The number of carbonyl (C=O) groups is 2. The first-order valence-corrected chi connectivity index (χ1v) is 23.7. The van der Waals surface area contributed by atoms with Gasteiger partial charge in [-0.05, 0) is 91.4 Å². The lowest BCUT2D eigenvalue weighted by molar-refractivity contribution is 0.0264. The number of methoxy groups -OCH3 is 3. The monoisotopic (exact) mass is 943 g/mol. The number of amides is 2. The van der Waals surface area contributed by atoms with Crippen LogP contribution in [0.15, 0.2) is 91.0 Å². The van der Waals surface area contributed by atoms with Crippen LogP contribution in [0.2, 0.25) is 0 Å². The number of carbonyl (C=O) groups excluding carboxylic acids is 2. The first kappa shape index (κ1) is 47.0. The number of benzene rings is 5. The van der Waals surface area contributed by atoms with Gasteiger partial charge in [0, 0.05) is 67.2 Å². The van der Waals surface area contributed by atoms with Crippen molar-refractivity contribution in [3.8, 4) is 23.0 Å². The van der Waals surface area contributed by atoms with E-state index < -0.39 is 0 Å². The van der Waals surface area contributed by atoms with E-state index in [-0.39, 0.29) is 41.9 Å². The summed E-state index contributed by atoms with van der Waals surface area (Å²) in [7, 11) is 4.82. The van der Waals surface area contributed by atoms with Crippen LogP contribution in [0.1, 0.15) is 56.8 Å². The number of ether oxygens (including phenoxy) is 7. The number of nitrogens with one attached hydrogen (secondary N) is 2. The van der Waals surface area contributed by atoms with Crippen molar-refractivity contribution in [1.82, 2.24) is 0 Å². The molecular weight excluding hydrogens is 883 g/mol. The van der Waals surface area contributed by atoms with Crippen molar-refractivity contribution in [1.29, 1.82) is 0 Å². The maximum atomic E-state index is 14.1. The Morgan fingerprint density at radius 2 is 1.12 bits per heavy atom. The zero-order valence-electron chi connectivity index (χ0n) is 39.5. The Bertz CT molecular complexity index is 2480. The van der Waals surface area contributed by atoms with Gasteiger partial charge >= 0.3 is 0 Å². The summed E-state index contributed by atoms with van der Waals surface area (Å²) in [6.07, 6.45) is 1.57. The molecule has 4 aliphatic heterocycles. The van der Waals surface area contributed by atoms with Gasteiger partial charge in [-0.15, -0.1) is 0 Å². The molecule has 0 bridgehead atoms. The number of nitrogens with zero attached hydrogens (tertiary/aromatic N) is 3. The summed E-state index contributed by atoms with van der Waals surface area (Å²) >= 11 is 4.95. The fourth-order valence-electron chi connectivity index (χ4n) is 9.64. The Kier molecular flexibility index (Phi) is 14.2. The molecule has 2 N–H and O–H groups in total. The van der Waals surface area contributed by atoms with Gasteiger partial charge in [-0.3, -0.25) is 9.59 Å². The maximum absolute atomic E-state index is 14.1. The average Bonchev–Trinajstić information content (AvgIpc) is 3.83. The number of fused-ring (bicyclic) bond motifs is 8. The summed E-state index contributed by atoms with van der Waals surface area (Å²) in [4.78, 5) is 34.4. The molecular formula is C53H61N5O9S. The van der Waals surface area contributed by atoms with Crippen molar-refractivity contribution in [2.75, 3.05) is 106 Å². The highest BCUT2D eigenvalue weighted by Gasteiger charge is 2.39. The molecule has 0 fully saturated rings. The lowest BCUT2D eigenvalue weighted by Gasteiger charge is -2.32. The Morgan fingerprint density at radius 3 is 1.60 bits per heavy atom. The van der Waals surface area contributed by atoms with Gasteiger partial charge in [0.15, 0.2) is 23.0 Å². The van der Waals surface area contributed by atoms with Gasteiger partial charge in [0.1, 0.15) is 13.2 Å². The SMILES string of the molecule is COCCOCCOCCN(CC(C)(C)S)c1cc(COc2cc3c(cc2OC)C(=O)N2c4ccccc4C[C@H]2CN3)cc(COc2cc3c(cc2OC)C(=O)N2c4ccccc4C[C@@H]2CN3)c1. The molecule has 5 aromatic carbocycles. The minimum Gasteiger partial charge on any atom is -0.493 e. The second-order valence-electron chi connectivity index (χ2n) is 18.2. The highest BCUT2D eigenvalue weighted by molar-refractivity contribution is 7.81. The molecule has 4 heterocycles. The van der Waals surface area contributed by atoms with Crippen LogP contribution in [0.25, 0.3) is 0 Å². The molecule has 0 aromatic heterocycles. The van der Waals surface area contributed by atoms with Crippen molar-refractivity contribution in [2.45, 2.75) is 56.7 Å². The van der Waals surface area contributed by atoms with Crippen molar-refractivity contribution in [3.63, 3.8) is 0 Å². The predicted molar refractivity (Wildman–Crippen MR) is 268 cm³/mol. The quantitative estimate of drug-likeness (QED) is 0.0516. The van der Waals surface area contributed by atoms with E-state index in [0.29, 0.717) is 105 Å². The Morgan fingerprint density at radius 1 is 0.632 bits per heavy atom. The van der Waals surface area contributed by atoms with Gasteiger partial charge in [-0.1, -0.05) is 36.4 Å². The number of thiol groups is 1. The van der Waals surface area contributed by atoms with Crippen molar-refractivity contribution >= 4 is 52.9 Å². The molecule has 2 amide bonds. The molecule has 0 unspecified atom stereocenters. The molecule has 0 saturated carbocycles. The second kappa shape index (κ2) is 20.6.